The van der Waals surface area contributed by atoms with Crippen LogP contribution >= 0.6 is 11.6 Å². The normalized spacial score (nSPS) is 12.9. The van der Waals surface area contributed by atoms with Crippen LogP contribution in [0, 0.1) is 6.92 Å². The Balaban J connectivity index is 1.50. The number of urea groups is 1. The zero-order chi connectivity index (χ0) is 16.2. The van der Waals surface area contributed by atoms with E-state index in [9.17, 15) is 4.79 Å². The average molecular weight is 331 g/mol. The second-order valence-electron chi connectivity index (χ2n) is 5.54. The van der Waals surface area contributed by atoms with E-state index in [1.807, 2.05) is 43.3 Å². The van der Waals surface area contributed by atoms with E-state index in [0.717, 1.165) is 24.2 Å². The number of aryl methyl sites for hydroxylation is 1. The molecule has 0 unspecified atom stereocenters. The monoisotopic (exact) mass is 330 g/mol. The van der Waals surface area contributed by atoms with Crippen LogP contribution in [0.4, 0.5) is 10.5 Å². The first-order valence-electron chi connectivity index (χ1n) is 7.67. The molecule has 0 aromatic heterocycles. The van der Waals surface area contributed by atoms with Crippen molar-refractivity contribution >= 4 is 23.3 Å². The van der Waals surface area contributed by atoms with Gasteiger partial charge in [0.2, 0.25) is 0 Å². The van der Waals surface area contributed by atoms with Gasteiger partial charge in [0.15, 0.2) is 0 Å². The number of amides is 2. The second kappa shape index (κ2) is 6.92. The Labute approximate surface area is 141 Å². The minimum Gasteiger partial charge on any atom is -0.490 e. The lowest BCUT2D eigenvalue weighted by Gasteiger charge is -2.18. The van der Waals surface area contributed by atoms with Crippen molar-refractivity contribution in [2.24, 2.45) is 0 Å². The van der Waals surface area contributed by atoms with Gasteiger partial charge in [-0.3, -0.25) is 4.90 Å². The number of hydrogen-bond donors (Lipinski definition) is 1. The standard InChI is InChI=1S/C18H19ClN2O2/c1-13-6-7-15(19)17(12-13)23-11-9-20-18(22)21-10-8-14-4-2-3-5-16(14)21/h2-7,12H,8-11H2,1H3,(H,20,22). The highest BCUT2D eigenvalue weighted by Crippen LogP contribution is 2.27. The highest BCUT2D eigenvalue weighted by atomic mass is 35.5. The first kappa shape index (κ1) is 15.7. The minimum absolute atomic E-state index is 0.0890. The molecular weight excluding hydrogens is 312 g/mol. The first-order valence-corrected chi connectivity index (χ1v) is 8.05. The molecule has 23 heavy (non-hydrogen) atoms. The molecule has 2 aromatic rings. The van der Waals surface area contributed by atoms with Crippen molar-refractivity contribution in [3.05, 3.63) is 58.6 Å². The fraction of sp³-hybridized carbons (Fsp3) is 0.278. The molecule has 0 bridgehead atoms. The molecule has 0 atom stereocenters. The van der Waals surface area contributed by atoms with Crippen LogP contribution in [0.25, 0.3) is 0 Å². The lowest BCUT2D eigenvalue weighted by atomic mass is 10.2. The third-order valence-electron chi connectivity index (χ3n) is 3.85. The largest absolute Gasteiger partial charge is 0.490 e. The van der Waals surface area contributed by atoms with Crippen molar-refractivity contribution in [3.8, 4) is 5.75 Å². The smallest absolute Gasteiger partial charge is 0.322 e. The van der Waals surface area contributed by atoms with E-state index in [1.165, 1.54) is 5.56 Å². The lowest BCUT2D eigenvalue weighted by Crippen LogP contribution is -2.40. The van der Waals surface area contributed by atoms with Crippen molar-refractivity contribution in [2.75, 3.05) is 24.6 Å². The number of para-hydroxylation sites is 1. The number of rotatable bonds is 4. The van der Waals surface area contributed by atoms with E-state index < -0.39 is 0 Å². The number of nitrogens with one attached hydrogen (secondary N) is 1. The Morgan fingerprint density at radius 3 is 3.00 bits per heavy atom. The number of hydrogen-bond acceptors (Lipinski definition) is 2. The quantitative estimate of drug-likeness (QED) is 0.866. The van der Waals surface area contributed by atoms with Gasteiger partial charge in [-0.2, -0.15) is 0 Å². The number of nitrogens with zero attached hydrogens (tertiary/aromatic N) is 1. The summed E-state index contributed by atoms with van der Waals surface area (Å²) >= 11 is 6.08. The van der Waals surface area contributed by atoms with Gasteiger partial charge in [-0.15, -0.1) is 0 Å². The molecule has 4 nitrogen and oxygen atoms in total. The summed E-state index contributed by atoms with van der Waals surface area (Å²) in [5.41, 5.74) is 3.29. The third-order valence-corrected chi connectivity index (χ3v) is 4.17. The highest BCUT2D eigenvalue weighted by Gasteiger charge is 2.23. The van der Waals surface area contributed by atoms with Gasteiger partial charge in [0.1, 0.15) is 12.4 Å². The third kappa shape index (κ3) is 3.59. The average Bonchev–Trinajstić information content (AvgIpc) is 2.98. The molecule has 120 valence electrons. The van der Waals surface area contributed by atoms with Gasteiger partial charge < -0.3 is 10.1 Å². The highest BCUT2D eigenvalue weighted by molar-refractivity contribution is 6.32. The number of fused-ring (bicyclic) bond motifs is 1. The van der Waals surface area contributed by atoms with E-state index in [-0.39, 0.29) is 6.03 Å². The topological polar surface area (TPSA) is 41.6 Å². The van der Waals surface area contributed by atoms with Gasteiger partial charge in [0, 0.05) is 12.2 Å². The molecule has 0 fully saturated rings. The first-order chi connectivity index (χ1) is 11.1. The van der Waals surface area contributed by atoms with Gasteiger partial charge in [-0.25, -0.2) is 4.79 Å². The number of carbonyl (C=O) groups is 1. The van der Waals surface area contributed by atoms with Crippen LogP contribution in [-0.4, -0.2) is 25.7 Å². The Morgan fingerprint density at radius 2 is 2.13 bits per heavy atom. The van der Waals surface area contributed by atoms with Crippen molar-refractivity contribution in [1.82, 2.24) is 5.32 Å². The maximum Gasteiger partial charge on any atom is 0.322 e. The SMILES string of the molecule is Cc1ccc(Cl)c(OCCNC(=O)N2CCc3ccccc32)c1. The number of anilines is 1. The van der Waals surface area contributed by atoms with Crippen LogP contribution in [0.5, 0.6) is 5.75 Å². The van der Waals surface area contributed by atoms with Gasteiger partial charge in [0.25, 0.3) is 0 Å². The van der Waals surface area contributed by atoms with Crippen LogP contribution in [-0.2, 0) is 6.42 Å². The van der Waals surface area contributed by atoms with E-state index >= 15 is 0 Å². The zero-order valence-electron chi connectivity index (χ0n) is 13.0. The van der Waals surface area contributed by atoms with Crippen LogP contribution in [0.15, 0.2) is 42.5 Å². The predicted octanol–water partition coefficient (Wildman–Crippen LogP) is 3.80. The molecule has 1 N–H and O–H groups in total. The van der Waals surface area contributed by atoms with Crippen molar-refractivity contribution in [1.29, 1.82) is 0 Å². The second-order valence-corrected chi connectivity index (χ2v) is 5.95. The van der Waals surface area contributed by atoms with Crippen LogP contribution in [0.3, 0.4) is 0 Å². The molecule has 0 saturated heterocycles. The van der Waals surface area contributed by atoms with Crippen LogP contribution < -0.4 is 15.0 Å². The molecule has 5 heteroatoms. The van der Waals surface area contributed by atoms with E-state index in [0.29, 0.717) is 23.9 Å². The summed E-state index contributed by atoms with van der Waals surface area (Å²) in [7, 11) is 0. The lowest BCUT2D eigenvalue weighted by molar-refractivity contribution is 0.242. The molecule has 0 saturated carbocycles. The molecule has 0 radical (unpaired) electrons. The van der Waals surface area contributed by atoms with Gasteiger partial charge >= 0.3 is 6.03 Å². The molecular formula is C18H19ClN2O2. The van der Waals surface area contributed by atoms with Crippen LogP contribution in [0.1, 0.15) is 11.1 Å². The van der Waals surface area contributed by atoms with Gasteiger partial charge in [-0.1, -0.05) is 35.9 Å². The summed E-state index contributed by atoms with van der Waals surface area (Å²) in [4.78, 5) is 14.0. The summed E-state index contributed by atoms with van der Waals surface area (Å²) in [6.45, 7) is 3.51. The molecule has 0 spiro atoms. The Kier molecular flexibility index (Phi) is 4.72. The molecule has 3 rings (SSSR count). The zero-order valence-corrected chi connectivity index (χ0v) is 13.8. The molecule has 0 aliphatic carbocycles. The minimum atomic E-state index is -0.0890. The molecule has 2 amide bonds. The Hall–Kier alpha value is -2.20. The fourth-order valence-corrected chi connectivity index (χ4v) is 2.86. The van der Waals surface area contributed by atoms with Crippen molar-refractivity contribution in [3.63, 3.8) is 0 Å². The van der Waals surface area contributed by atoms with Gasteiger partial charge in [0.05, 0.1) is 11.6 Å². The molecule has 1 heterocycles. The Morgan fingerprint density at radius 1 is 1.30 bits per heavy atom. The van der Waals surface area contributed by atoms with Gasteiger partial charge in [-0.05, 0) is 42.7 Å². The predicted molar refractivity (Wildman–Crippen MR) is 92.6 cm³/mol. The summed E-state index contributed by atoms with van der Waals surface area (Å²) in [6.07, 6.45) is 0.902. The summed E-state index contributed by atoms with van der Waals surface area (Å²) < 4.78 is 5.63. The summed E-state index contributed by atoms with van der Waals surface area (Å²) in [5, 5.41) is 3.47. The van der Waals surface area contributed by atoms with E-state index in [2.05, 4.69) is 11.4 Å². The maximum atomic E-state index is 12.3. The van der Waals surface area contributed by atoms with Crippen LogP contribution in [0.2, 0.25) is 5.02 Å². The number of benzene rings is 2. The van der Waals surface area contributed by atoms with E-state index in [1.54, 1.807) is 4.90 Å². The van der Waals surface area contributed by atoms with Crippen molar-refractivity contribution < 1.29 is 9.53 Å². The number of carbonyl (C=O) groups excluding carboxylic acids is 1. The molecule has 1 aliphatic heterocycles. The van der Waals surface area contributed by atoms with E-state index in [4.69, 9.17) is 16.3 Å². The fourth-order valence-electron chi connectivity index (χ4n) is 2.68. The summed E-state index contributed by atoms with van der Waals surface area (Å²) in [5.74, 6) is 0.646. The number of ether oxygens (including phenoxy) is 1. The van der Waals surface area contributed by atoms with Crippen molar-refractivity contribution in [2.45, 2.75) is 13.3 Å². The maximum absolute atomic E-state index is 12.3. The number of halogens is 1. The Bertz CT molecular complexity index is 718. The summed E-state index contributed by atoms with van der Waals surface area (Å²) in [6, 6.07) is 13.5. The molecule has 1 aliphatic rings. The molecule has 2 aromatic carbocycles.